The first kappa shape index (κ1) is 15.3. The molecule has 110 valence electrons. The molecule has 0 saturated carbocycles. The van der Waals surface area contributed by atoms with Crippen molar-refractivity contribution in [3.05, 3.63) is 60.2 Å². The van der Waals surface area contributed by atoms with Gasteiger partial charge in [-0.25, -0.2) is 0 Å². The molecular formula is C16H17NO3S. The fourth-order valence-corrected chi connectivity index (χ4v) is 2.57. The minimum Gasteiger partial charge on any atom is -0.494 e. The van der Waals surface area contributed by atoms with Crippen molar-refractivity contribution in [2.24, 2.45) is 4.40 Å². The van der Waals surface area contributed by atoms with Gasteiger partial charge in [0.2, 0.25) is 0 Å². The lowest BCUT2D eigenvalue weighted by atomic mass is 10.2. The van der Waals surface area contributed by atoms with Crippen LogP contribution in [0.1, 0.15) is 18.9 Å². The van der Waals surface area contributed by atoms with Gasteiger partial charge < -0.3 is 4.74 Å². The Hall–Kier alpha value is -2.14. The molecule has 2 aromatic carbocycles. The highest BCUT2D eigenvalue weighted by atomic mass is 32.2. The molecule has 2 rings (SSSR count). The number of ether oxygens (including phenoxy) is 1. The summed E-state index contributed by atoms with van der Waals surface area (Å²) in [5.74, 6) is 0.706. The number of hydrogen-bond donors (Lipinski definition) is 0. The van der Waals surface area contributed by atoms with Crippen molar-refractivity contribution >= 4 is 16.2 Å². The summed E-state index contributed by atoms with van der Waals surface area (Å²) in [4.78, 5) is 0.180. The second kappa shape index (κ2) is 7.04. The predicted molar refractivity (Wildman–Crippen MR) is 83.4 cm³/mol. The van der Waals surface area contributed by atoms with Gasteiger partial charge in [0.1, 0.15) is 5.75 Å². The molecule has 0 N–H and O–H groups in total. The molecule has 0 saturated heterocycles. The molecule has 0 radical (unpaired) electrons. The highest BCUT2D eigenvalue weighted by Gasteiger charge is 2.10. The van der Waals surface area contributed by atoms with Gasteiger partial charge in [0.15, 0.2) is 0 Å². The van der Waals surface area contributed by atoms with Gasteiger partial charge in [-0.1, -0.05) is 37.3 Å². The molecule has 5 heteroatoms. The molecule has 0 atom stereocenters. The molecule has 0 aliphatic heterocycles. The van der Waals surface area contributed by atoms with Crippen molar-refractivity contribution in [3.8, 4) is 5.75 Å². The standard InChI is InChI=1S/C16H17NO3S/c1-2-11-20-15-8-6-7-14(12-15)13-17-21(18,19)16-9-4-3-5-10-16/h3-10,12-13H,2,11H2,1H3/b17-13-. The Bertz CT molecular complexity index is 709. The summed E-state index contributed by atoms with van der Waals surface area (Å²) in [5.41, 5.74) is 0.683. The number of benzene rings is 2. The zero-order chi connectivity index (χ0) is 15.1. The predicted octanol–water partition coefficient (Wildman–Crippen LogP) is 3.28. The molecule has 0 heterocycles. The van der Waals surface area contributed by atoms with E-state index in [1.807, 2.05) is 19.1 Å². The Morgan fingerprint density at radius 1 is 1.10 bits per heavy atom. The molecule has 0 fully saturated rings. The van der Waals surface area contributed by atoms with Crippen molar-refractivity contribution in [2.45, 2.75) is 18.2 Å². The van der Waals surface area contributed by atoms with Crippen LogP contribution in [0.5, 0.6) is 5.75 Å². The van der Waals surface area contributed by atoms with E-state index in [4.69, 9.17) is 4.74 Å². The van der Waals surface area contributed by atoms with Crippen LogP contribution >= 0.6 is 0 Å². The van der Waals surface area contributed by atoms with Gasteiger partial charge in [0, 0.05) is 6.21 Å². The van der Waals surface area contributed by atoms with Crippen molar-refractivity contribution < 1.29 is 13.2 Å². The summed E-state index contributed by atoms with van der Waals surface area (Å²) in [6, 6.07) is 15.3. The Labute approximate surface area is 125 Å². The quantitative estimate of drug-likeness (QED) is 0.769. The minimum atomic E-state index is -3.66. The molecule has 4 nitrogen and oxygen atoms in total. The highest BCUT2D eigenvalue weighted by Crippen LogP contribution is 2.14. The van der Waals surface area contributed by atoms with Gasteiger partial charge in [0.25, 0.3) is 10.0 Å². The van der Waals surface area contributed by atoms with E-state index in [0.29, 0.717) is 17.9 Å². The molecule has 0 bridgehead atoms. The summed E-state index contributed by atoms with van der Waals surface area (Å²) in [6.45, 7) is 2.65. The van der Waals surface area contributed by atoms with E-state index in [0.717, 1.165) is 6.42 Å². The fourth-order valence-electron chi connectivity index (χ4n) is 1.69. The maximum Gasteiger partial charge on any atom is 0.282 e. The van der Waals surface area contributed by atoms with Crippen LogP contribution in [0, 0.1) is 0 Å². The Balaban J connectivity index is 2.17. The van der Waals surface area contributed by atoms with Gasteiger partial charge in [-0.3, -0.25) is 0 Å². The summed E-state index contributed by atoms with van der Waals surface area (Å²) in [5, 5.41) is 0. The molecule has 0 amide bonds. The molecule has 0 spiro atoms. The Morgan fingerprint density at radius 3 is 2.57 bits per heavy atom. The number of nitrogens with zero attached hydrogens (tertiary/aromatic N) is 1. The maximum atomic E-state index is 12.0. The number of rotatable bonds is 6. The Kier molecular flexibility index (Phi) is 5.11. The second-order valence-corrected chi connectivity index (χ2v) is 6.08. The fraction of sp³-hybridized carbons (Fsp3) is 0.188. The molecule has 21 heavy (non-hydrogen) atoms. The maximum absolute atomic E-state index is 12.0. The van der Waals surface area contributed by atoms with Crippen LogP contribution in [0.3, 0.4) is 0 Å². The van der Waals surface area contributed by atoms with Crippen LogP contribution in [-0.2, 0) is 10.0 Å². The zero-order valence-corrected chi connectivity index (χ0v) is 12.6. The van der Waals surface area contributed by atoms with Crippen LogP contribution in [0.25, 0.3) is 0 Å². The normalized spacial score (nSPS) is 11.7. The number of sulfonamides is 1. The van der Waals surface area contributed by atoms with E-state index in [-0.39, 0.29) is 4.90 Å². The molecule has 0 aromatic heterocycles. The lowest BCUT2D eigenvalue weighted by Gasteiger charge is -2.04. The van der Waals surface area contributed by atoms with E-state index < -0.39 is 10.0 Å². The van der Waals surface area contributed by atoms with Crippen molar-refractivity contribution in [3.63, 3.8) is 0 Å². The monoisotopic (exact) mass is 303 g/mol. The third-order valence-electron chi connectivity index (χ3n) is 2.71. The molecule has 0 aliphatic carbocycles. The summed E-state index contributed by atoms with van der Waals surface area (Å²) in [7, 11) is -3.66. The molecule has 0 aliphatic rings. The first-order valence-corrected chi connectivity index (χ1v) is 8.14. The van der Waals surface area contributed by atoms with Crippen molar-refractivity contribution in [1.82, 2.24) is 0 Å². The second-order valence-electron chi connectivity index (χ2n) is 4.44. The summed E-state index contributed by atoms with van der Waals surface area (Å²) < 4.78 is 33.3. The topological polar surface area (TPSA) is 55.7 Å². The first-order chi connectivity index (χ1) is 10.1. The van der Waals surface area contributed by atoms with Gasteiger partial charge in [0.05, 0.1) is 11.5 Å². The van der Waals surface area contributed by atoms with E-state index in [9.17, 15) is 8.42 Å². The van der Waals surface area contributed by atoms with Crippen LogP contribution in [-0.4, -0.2) is 21.2 Å². The van der Waals surface area contributed by atoms with E-state index in [1.165, 1.54) is 18.3 Å². The third-order valence-corrected chi connectivity index (χ3v) is 3.96. The largest absolute Gasteiger partial charge is 0.494 e. The minimum absolute atomic E-state index is 0.180. The van der Waals surface area contributed by atoms with Crippen LogP contribution < -0.4 is 4.74 Å². The van der Waals surface area contributed by atoms with Crippen LogP contribution in [0.15, 0.2) is 63.9 Å². The first-order valence-electron chi connectivity index (χ1n) is 6.70. The smallest absolute Gasteiger partial charge is 0.282 e. The summed E-state index contributed by atoms with van der Waals surface area (Å²) in [6.07, 6.45) is 2.25. The highest BCUT2D eigenvalue weighted by molar-refractivity contribution is 7.90. The lowest BCUT2D eigenvalue weighted by molar-refractivity contribution is 0.317. The summed E-state index contributed by atoms with van der Waals surface area (Å²) >= 11 is 0. The van der Waals surface area contributed by atoms with Crippen LogP contribution in [0.4, 0.5) is 0 Å². The molecular weight excluding hydrogens is 286 g/mol. The van der Waals surface area contributed by atoms with E-state index in [2.05, 4.69) is 4.40 Å². The lowest BCUT2D eigenvalue weighted by Crippen LogP contribution is -1.98. The van der Waals surface area contributed by atoms with Gasteiger partial charge in [-0.2, -0.15) is 12.8 Å². The average Bonchev–Trinajstić information content (AvgIpc) is 2.52. The molecule has 2 aromatic rings. The zero-order valence-electron chi connectivity index (χ0n) is 11.8. The van der Waals surface area contributed by atoms with E-state index >= 15 is 0 Å². The van der Waals surface area contributed by atoms with Gasteiger partial charge in [-0.15, -0.1) is 0 Å². The van der Waals surface area contributed by atoms with E-state index in [1.54, 1.807) is 30.3 Å². The molecule has 0 unspecified atom stereocenters. The average molecular weight is 303 g/mol. The Morgan fingerprint density at radius 2 is 1.86 bits per heavy atom. The number of hydrogen-bond acceptors (Lipinski definition) is 3. The SMILES string of the molecule is CCCOc1cccc(/C=N\S(=O)(=O)c2ccccc2)c1. The van der Waals surface area contributed by atoms with Gasteiger partial charge in [-0.05, 0) is 36.2 Å². The van der Waals surface area contributed by atoms with Crippen LogP contribution in [0.2, 0.25) is 0 Å². The van der Waals surface area contributed by atoms with Crippen molar-refractivity contribution in [1.29, 1.82) is 0 Å². The third kappa shape index (κ3) is 4.43. The van der Waals surface area contributed by atoms with Gasteiger partial charge >= 0.3 is 0 Å². The van der Waals surface area contributed by atoms with Crippen molar-refractivity contribution in [2.75, 3.05) is 6.61 Å².